The van der Waals surface area contributed by atoms with E-state index in [1.165, 1.54) is 16.6 Å². The maximum absolute atomic E-state index is 4.14. The van der Waals surface area contributed by atoms with Crippen LogP contribution in [-0.2, 0) is 13.6 Å². The highest BCUT2D eigenvalue weighted by Crippen LogP contribution is 2.21. The Morgan fingerprint density at radius 2 is 2.18 bits per heavy atom. The monoisotopic (exact) mass is 289 g/mol. The van der Waals surface area contributed by atoms with Crippen LogP contribution >= 0.6 is 15.9 Å². The lowest BCUT2D eigenvalue weighted by molar-refractivity contribution is 0.743. The predicted molar refractivity (Wildman–Crippen MR) is 71.9 cm³/mol. The van der Waals surface area contributed by atoms with Crippen molar-refractivity contribution in [2.24, 2.45) is 7.05 Å². The zero-order chi connectivity index (χ0) is 11.8. The Morgan fingerprint density at radius 1 is 1.29 bits per heavy atom. The molecule has 17 heavy (non-hydrogen) atoms. The van der Waals surface area contributed by atoms with Gasteiger partial charge in [0.1, 0.15) is 0 Å². The molecule has 0 amide bonds. The molecule has 3 nitrogen and oxygen atoms in total. The van der Waals surface area contributed by atoms with Crippen LogP contribution in [-0.4, -0.2) is 14.1 Å². The van der Waals surface area contributed by atoms with Gasteiger partial charge in [0.2, 0.25) is 0 Å². The van der Waals surface area contributed by atoms with Crippen LogP contribution < -0.4 is 0 Å². The van der Waals surface area contributed by atoms with Gasteiger partial charge in [-0.2, -0.15) is 0 Å². The second-order valence-electron chi connectivity index (χ2n) is 4.14. The van der Waals surface area contributed by atoms with Gasteiger partial charge < -0.3 is 9.13 Å². The van der Waals surface area contributed by atoms with Crippen LogP contribution in [0.5, 0.6) is 0 Å². The fourth-order valence-corrected chi connectivity index (χ4v) is 2.36. The first-order valence-corrected chi connectivity index (χ1v) is 6.23. The molecule has 0 aliphatic carbocycles. The third kappa shape index (κ3) is 1.89. The fraction of sp³-hybridized carbons (Fsp3) is 0.154. The van der Waals surface area contributed by atoms with Crippen LogP contribution in [0.1, 0.15) is 5.69 Å². The van der Waals surface area contributed by atoms with Gasteiger partial charge in [0.25, 0.3) is 0 Å². The number of halogens is 1. The SMILES string of the molecule is Cn1cncc1Cn1ccc2ccc(Br)cc21. The summed E-state index contributed by atoms with van der Waals surface area (Å²) in [7, 11) is 2.02. The smallest absolute Gasteiger partial charge is 0.0946 e. The van der Waals surface area contributed by atoms with Gasteiger partial charge in [-0.25, -0.2) is 4.98 Å². The first kappa shape index (κ1) is 10.6. The summed E-state index contributed by atoms with van der Waals surface area (Å²) in [5, 5.41) is 1.26. The van der Waals surface area contributed by atoms with Crippen molar-refractivity contribution in [1.29, 1.82) is 0 Å². The van der Waals surface area contributed by atoms with Crippen LogP contribution in [0, 0.1) is 0 Å². The van der Waals surface area contributed by atoms with E-state index in [-0.39, 0.29) is 0 Å². The molecule has 0 aliphatic rings. The molecule has 2 heterocycles. The Morgan fingerprint density at radius 3 is 2.94 bits per heavy atom. The molecule has 2 aromatic heterocycles. The minimum absolute atomic E-state index is 0.844. The van der Waals surface area contributed by atoms with E-state index < -0.39 is 0 Å². The second kappa shape index (κ2) is 4.04. The lowest BCUT2D eigenvalue weighted by atomic mass is 10.2. The maximum atomic E-state index is 4.14. The third-order valence-electron chi connectivity index (χ3n) is 2.98. The van der Waals surface area contributed by atoms with Crippen molar-refractivity contribution >= 4 is 26.8 Å². The number of hydrogen-bond acceptors (Lipinski definition) is 1. The lowest BCUT2D eigenvalue weighted by Crippen LogP contribution is -2.02. The molecule has 3 aromatic rings. The number of nitrogens with zero attached hydrogens (tertiary/aromatic N) is 3. The number of fused-ring (bicyclic) bond motifs is 1. The first-order valence-electron chi connectivity index (χ1n) is 5.43. The largest absolute Gasteiger partial charge is 0.341 e. The van der Waals surface area contributed by atoms with Gasteiger partial charge in [0.05, 0.1) is 18.6 Å². The topological polar surface area (TPSA) is 22.8 Å². The number of imidazole rings is 1. The maximum Gasteiger partial charge on any atom is 0.0946 e. The lowest BCUT2D eigenvalue weighted by Gasteiger charge is -2.06. The molecule has 0 aliphatic heterocycles. The van der Waals surface area contributed by atoms with Gasteiger partial charge in [0.15, 0.2) is 0 Å². The average Bonchev–Trinajstić information content (AvgIpc) is 2.88. The summed E-state index contributed by atoms with van der Waals surface area (Å²) >= 11 is 3.51. The van der Waals surface area contributed by atoms with Crippen molar-refractivity contribution in [2.45, 2.75) is 6.54 Å². The number of benzene rings is 1. The average molecular weight is 290 g/mol. The van der Waals surface area contributed by atoms with Gasteiger partial charge in [-0.05, 0) is 23.6 Å². The number of aromatic nitrogens is 3. The van der Waals surface area contributed by atoms with Gasteiger partial charge in [0, 0.05) is 29.4 Å². The highest BCUT2D eigenvalue weighted by molar-refractivity contribution is 9.10. The molecule has 0 saturated carbocycles. The summed E-state index contributed by atoms with van der Waals surface area (Å²) in [6, 6.07) is 8.47. The fourth-order valence-electron chi connectivity index (χ4n) is 2.01. The minimum Gasteiger partial charge on any atom is -0.341 e. The van der Waals surface area contributed by atoms with Crippen molar-refractivity contribution in [3.05, 3.63) is 53.2 Å². The molecule has 0 bridgehead atoms. The van der Waals surface area contributed by atoms with Crippen LogP contribution in [0.25, 0.3) is 10.9 Å². The standard InChI is InChI=1S/C13H12BrN3/c1-16-9-15-7-12(16)8-17-5-4-10-2-3-11(14)6-13(10)17/h2-7,9H,8H2,1H3. The molecule has 0 saturated heterocycles. The molecule has 86 valence electrons. The molecule has 0 radical (unpaired) electrons. The van der Waals surface area contributed by atoms with E-state index >= 15 is 0 Å². The highest BCUT2D eigenvalue weighted by atomic mass is 79.9. The zero-order valence-electron chi connectivity index (χ0n) is 9.47. The number of hydrogen-bond donors (Lipinski definition) is 0. The first-order chi connectivity index (χ1) is 8.24. The number of aryl methyl sites for hydroxylation is 1. The summed E-state index contributed by atoms with van der Waals surface area (Å²) in [6.45, 7) is 0.844. The van der Waals surface area contributed by atoms with E-state index in [0.29, 0.717) is 0 Å². The van der Waals surface area contributed by atoms with E-state index in [4.69, 9.17) is 0 Å². The molecule has 4 heteroatoms. The van der Waals surface area contributed by atoms with Crippen molar-refractivity contribution in [2.75, 3.05) is 0 Å². The summed E-state index contributed by atoms with van der Waals surface area (Å²) in [5.74, 6) is 0. The molecule has 0 fully saturated rings. The van der Waals surface area contributed by atoms with E-state index in [0.717, 1.165) is 11.0 Å². The summed E-state index contributed by atoms with van der Waals surface area (Å²) in [5.41, 5.74) is 2.43. The Balaban J connectivity index is 2.06. The molecule has 0 atom stereocenters. The molecule has 0 spiro atoms. The van der Waals surface area contributed by atoms with E-state index in [1.807, 2.05) is 24.1 Å². The Hall–Kier alpha value is -1.55. The minimum atomic E-state index is 0.844. The highest BCUT2D eigenvalue weighted by Gasteiger charge is 2.04. The van der Waals surface area contributed by atoms with E-state index in [1.54, 1.807) is 0 Å². The molecule has 0 unspecified atom stereocenters. The second-order valence-corrected chi connectivity index (χ2v) is 5.06. The van der Waals surface area contributed by atoms with Gasteiger partial charge in [-0.1, -0.05) is 22.0 Å². The predicted octanol–water partition coefficient (Wildman–Crippen LogP) is 3.19. The Labute approximate surface area is 108 Å². The van der Waals surface area contributed by atoms with E-state index in [2.05, 4.69) is 55.9 Å². The summed E-state index contributed by atoms with van der Waals surface area (Å²) in [4.78, 5) is 4.14. The van der Waals surface area contributed by atoms with Crippen molar-refractivity contribution in [1.82, 2.24) is 14.1 Å². The van der Waals surface area contributed by atoms with Crippen molar-refractivity contribution in [3.63, 3.8) is 0 Å². The van der Waals surface area contributed by atoms with E-state index in [9.17, 15) is 0 Å². The zero-order valence-corrected chi connectivity index (χ0v) is 11.1. The van der Waals surface area contributed by atoms with Gasteiger partial charge in [-0.15, -0.1) is 0 Å². The molecule has 1 aromatic carbocycles. The van der Waals surface area contributed by atoms with Crippen molar-refractivity contribution < 1.29 is 0 Å². The van der Waals surface area contributed by atoms with Gasteiger partial charge in [-0.3, -0.25) is 0 Å². The Kier molecular flexibility index (Phi) is 2.52. The van der Waals surface area contributed by atoms with Crippen LogP contribution in [0.4, 0.5) is 0 Å². The quantitative estimate of drug-likeness (QED) is 0.710. The molecule has 3 rings (SSSR count). The Bertz CT molecular complexity index is 666. The molecule has 0 N–H and O–H groups in total. The number of rotatable bonds is 2. The normalized spacial score (nSPS) is 11.2. The summed E-state index contributed by atoms with van der Waals surface area (Å²) < 4.78 is 5.39. The van der Waals surface area contributed by atoms with Crippen LogP contribution in [0.15, 0.2) is 47.5 Å². The summed E-state index contributed by atoms with van der Waals surface area (Å²) in [6.07, 6.45) is 5.85. The van der Waals surface area contributed by atoms with Crippen LogP contribution in [0.2, 0.25) is 0 Å². The van der Waals surface area contributed by atoms with Gasteiger partial charge >= 0.3 is 0 Å². The van der Waals surface area contributed by atoms with Crippen molar-refractivity contribution in [3.8, 4) is 0 Å². The third-order valence-corrected chi connectivity index (χ3v) is 3.48. The molecular formula is C13H12BrN3. The molecular weight excluding hydrogens is 278 g/mol. The van der Waals surface area contributed by atoms with Crippen LogP contribution in [0.3, 0.4) is 0 Å².